The van der Waals surface area contributed by atoms with Crippen molar-refractivity contribution >= 4 is 5.97 Å². The number of carboxylic acid groups (broad SMARTS) is 1. The molecule has 1 atom stereocenters. The van der Waals surface area contributed by atoms with Crippen molar-refractivity contribution < 1.29 is 67.7 Å². The predicted molar refractivity (Wildman–Crippen MR) is 35.6 cm³/mol. The Labute approximate surface area is 106 Å². The molecule has 0 aliphatic rings. The summed E-state index contributed by atoms with van der Waals surface area (Å²) in [5.74, 6) is -10.3. The molecule has 0 aromatic rings. The minimum absolute atomic E-state index is 1.49. The highest BCUT2D eigenvalue weighted by Crippen LogP contribution is 2.46. The molecule has 4 nitrogen and oxygen atoms in total. The zero-order valence-electron chi connectivity index (χ0n) is 8.83. The molecule has 0 spiro atoms. The first-order valence-corrected chi connectivity index (χ1v) is 4.07. The molecule has 0 radical (unpaired) electrons. The highest BCUT2D eigenvalue weighted by molar-refractivity contribution is 5.76. The number of hydrogen-bond acceptors (Lipinski definition) is 3. The third kappa shape index (κ3) is 4.29. The van der Waals surface area contributed by atoms with Crippen molar-refractivity contribution in [2.75, 3.05) is 0 Å². The summed E-state index contributed by atoms with van der Waals surface area (Å²) in [5.41, 5.74) is 0. The fourth-order valence-corrected chi connectivity index (χ4v) is 0.664. The second kappa shape index (κ2) is 5.11. The fraction of sp³-hybridized carbons (Fsp3) is 0.833. The maximum absolute atomic E-state index is 12.8. The Morgan fingerprint density at radius 2 is 1.05 bits per heavy atom. The van der Waals surface area contributed by atoms with Gasteiger partial charge in [-0.1, -0.05) is 0 Å². The van der Waals surface area contributed by atoms with Crippen LogP contribution < -0.4 is 0 Å². The van der Waals surface area contributed by atoms with Crippen molar-refractivity contribution in [3.8, 4) is 0 Å². The lowest BCUT2D eigenvalue weighted by Crippen LogP contribution is -2.59. The Morgan fingerprint density at radius 3 is 1.29 bits per heavy atom. The van der Waals surface area contributed by atoms with E-state index in [0.29, 0.717) is 0 Å². The highest BCUT2D eigenvalue weighted by Gasteiger charge is 2.75. The van der Waals surface area contributed by atoms with Gasteiger partial charge in [0, 0.05) is 0 Å². The molecular formula is C6HF11O4. The van der Waals surface area contributed by atoms with Gasteiger partial charge in [-0.05, 0) is 0 Å². The van der Waals surface area contributed by atoms with Gasteiger partial charge < -0.3 is 5.11 Å². The van der Waals surface area contributed by atoms with Gasteiger partial charge in [-0.3, -0.25) is 4.74 Å². The highest BCUT2D eigenvalue weighted by atomic mass is 19.4. The first kappa shape index (κ1) is 19.6. The summed E-state index contributed by atoms with van der Waals surface area (Å²) in [4.78, 5) is 9.90. The molecule has 0 fully saturated rings. The van der Waals surface area contributed by atoms with E-state index in [4.69, 9.17) is 5.11 Å². The average molecular weight is 346 g/mol. The van der Waals surface area contributed by atoms with Gasteiger partial charge in [-0.15, -0.1) is 13.2 Å². The Hall–Kier alpha value is -1.38. The predicted octanol–water partition coefficient (Wildman–Crippen LogP) is 3.04. The summed E-state index contributed by atoms with van der Waals surface area (Å²) in [6.45, 7) is 0. The summed E-state index contributed by atoms with van der Waals surface area (Å²) in [6, 6.07) is 0. The molecule has 0 rings (SSSR count). The zero-order chi connectivity index (χ0) is 17.5. The second-order valence-electron chi connectivity index (χ2n) is 3.08. The molecule has 0 aromatic carbocycles. The number of halogens is 11. The van der Waals surface area contributed by atoms with Gasteiger partial charge >= 0.3 is 36.6 Å². The normalized spacial score (nSPS) is 17.5. The van der Waals surface area contributed by atoms with Gasteiger partial charge in [-0.25, -0.2) is 9.53 Å². The van der Waals surface area contributed by atoms with Crippen LogP contribution in [0.2, 0.25) is 0 Å². The Morgan fingerprint density at radius 1 is 0.714 bits per heavy atom. The van der Waals surface area contributed by atoms with Crippen LogP contribution in [-0.4, -0.2) is 41.7 Å². The van der Waals surface area contributed by atoms with Gasteiger partial charge in [0.25, 0.3) is 0 Å². The monoisotopic (exact) mass is 346 g/mol. The number of aliphatic carboxylic acids is 1. The molecule has 0 amide bonds. The standard InChI is InChI=1S/C6HF11O4/c7-2(1(18)19,3(8,9)10)20-4(11,12)5(13,14)21-6(15,16)17/h(H,18,19). The van der Waals surface area contributed by atoms with Crippen LogP contribution in [0.15, 0.2) is 0 Å². The molecule has 0 aromatic heterocycles. The van der Waals surface area contributed by atoms with E-state index in [2.05, 4.69) is 0 Å². The van der Waals surface area contributed by atoms with Crippen molar-refractivity contribution in [1.29, 1.82) is 0 Å². The molecular weight excluding hydrogens is 345 g/mol. The summed E-state index contributed by atoms with van der Waals surface area (Å²) in [5, 5.41) is 7.77. The molecule has 0 aliphatic carbocycles. The molecule has 0 aliphatic heterocycles. The van der Waals surface area contributed by atoms with Crippen LogP contribution in [0.4, 0.5) is 48.3 Å². The summed E-state index contributed by atoms with van der Waals surface area (Å²) < 4.78 is 136. The molecule has 0 bridgehead atoms. The van der Waals surface area contributed by atoms with Crippen LogP contribution in [0.25, 0.3) is 0 Å². The number of rotatable bonds is 5. The van der Waals surface area contributed by atoms with E-state index in [1.165, 1.54) is 4.74 Å². The molecule has 15 heteroatoms. The van der Waals surface area contributed by atoms with Gasteiger partial charge in [-0.2, -0.15) is 35.1 Å². The van der Waals surface area contributed by atoms with E-state index < -0.39 is 36.6 Å². The van der Waals surface area contributed by atoms with Crippen LogP contribution in [0, 0.1) is 0 Å². The lowest BCUT2D eigenvalue weighted by Gasteiger charge is -2.31. The first-order valence-electron chi connectivity index (χ1n) is 4.07. The Kier molecular flexibility index (Phi) is 4.78. The summed E-state index contributed by atoms with van der Waals surface area (Å²) >= 11 is 0. The fourth-order valence-electron chi connectivity index (χ4n) is 0.664. The largest absolute Gasteiger partial charge is 0.527 e. The van der Waals surface area contributed by atoms with E-state index >= 15 is 0 Å². The third-order valence-corrected chi connectivity index (χ3v) is 1.49. The molecule has 1 unspecified atom stereocenters. The van der Waals surface area contributed by atoms with Crippen molar-refractivity contribution in [2.24, 2.45) is 0 Å². The third-order valence-electron chi connectivity index (χ3n) is 1.49. The van der Waals surface area contributed by atoms with Crippen LogP contribution in [0.1, 0.15) is 0 Å². The van der Waals surface area contributed by atoms with E-state index in [1.54, 1.807) is 4.74 Å². The number of carbonyl (C=O) groups is 1. The Balaban J connectivity index is 5.58. The number of carboxylic acids is 1. The molecule has 0 heterocycles. The Bertz CT molecular complexity index is 398. The van der Waals surface area contributed by atoms with Crippen molar-refractivity contribution in [3.05, 3.63) is 0 Å². The molecule has 126 valence electrons. The summed E-state index contributed by atoms with van der Waals surface area (Å²) in [7, 11) is 0. The molecule has 1 N–H and O–H groups in total. The second-order valence-corrected chi connectivity index (χ2v) is 3.08. The van der Waals surface area contributed by atoms with Gasteiger partial charge in [0.1, 0.15) is 0 Å². The average Bonchev–Trinajstić information content (AvgIpc) is 2.09. The number of hydrogen-bond donors (Lipinski definition) is 1. The van der Waals surface area contributed by atoms with Crippen LogP contribution in [-0.2, 0) is 14.3 Å². The van der Waals surface area contributed by atoms with Gasteiger partial charge in [0.2, 0.25) is 0 Å². The van der Waals surface area contributed by atoms with Gasteiger partial charge in [0.15, 0.2) is 0 Å². The van der Waals surface area contributed by atoms with Crippen LogP contribution in [0.3, 0.4) is 0 Å². The molecule has 0 saturated carbocycles. The maximum Gasteiger partial charge on any atom is 0.527 e. The van der Waals surface area contributed by atoms with E-state index in [-0.39, 0.29) is 0 Å². The zero-order valence-corrected chi connectivity index (χ0v) is 8.83. The molecule has 0 saturated heterocycles. The number of alkyl halides is 11. The van der Waals surface area contributed by atoms with E-state index in [9.17, 15) is 53.1 Å². The lowest BCUT2D eigenvalue weighted by molar-refractivity contribution is -0.527. The van der Waals surface area contributed by atoms with Crippen molar-refractivity contribution in [1.82, 2.24) is 0 Å². The minimum Gasteiger partial charge on any atom is -0.477 e. The summed E-state index contributed by atoms with van der Waals surface area (Å²) in [6.07, 6.45) is -27.1. The first-order chi connectivity index (χ1) is 8.86. The topological polar surface area (TPSA) is 55.8 Å². The van der Waals surface area contributed by atoms with Crippen LogP contribution in [0.5, 0.6) is 0 Å². The van der Waals surface area contributed by atoms with Crippen molar-refractivity contribution in [3.63, 3.8) is 0 Å². The molecule has 21 heavy (non-hydrogen) atoms. The minimum atomic E-state index is -6.93. The van der Waals surface area contributed by atoms with Gasteiger partial charge in [0.05, 0.1) is 0 Å². The maximum atomic E-state index is 12.8. The number of ether oxygens (including phenoxy) is 2. The van der Waals surface area contributed by atoms with Crippen LogP contribution >= 0.6 is 0 Å². The smallest absolute Gasteiger partial charge is 0.477 e. The SMILES string of the molecule is O=C(O)C(F)(OC(F)(F)C(F)(F)OC(F)(F)F)C(F)(F)F. The van der Waals surface area contributed by atoms with E-state index in [1.807, 2.05) is 0 Å². The van der Waals surface area contributed by atoms with Crippen molar-refractivity contribution in [2.45, 2.75) is 30.6 Å². The quantitative estimate of drug-likeness (QED) is 0.778. The van der Waals surface area contributed by atoms with E-state index in [0.717, 1.165) is 0 Å². The lowest BCUT2D eigenvalue weighted by atomic mass is 10.3.